The van der Waals surface area contributed by atoms with Gasteiger partial charge in [-0.2, -0.15) is 5.10 Å². The van der Waals surface area contributed by atoms with E-state index in [0.717, 1.165) is 38.8 Å². The summed E-state index contributed by atoms with van der Waals surface area (Å²) >= 11 is 13.0. The van der Waals surface area contributed by atoms with Crippen LogP contribution in [0.15, 0.2) is 36.7 Å². The van der Waals surface area contributed by atoms with Crippen molar-refractivity contribution < 1.29 is 9.90 Å². The monoisotopic (exact) mass is 414 g/mol. The Bertz CT molecular complexity index is 1240. The number of fused-ring (bicyclic) bond motifs is 4. The van der Waals surface area contributed by atoms with Gasteiger partial charge in [0.2, 0.25) is 5.91 Å². The minimum atomic E-state index is -0.495. The SMILES string of the molecule is O=C(CO)N1CCc2[nH]c3c(Cl)c(Cl)cc(-c4cnn5ccccc45)c3c2C1. The molecule has 0 radical (unpaired) electrons. The molecule has 4 heterocycles. The lowest BCUT2D eigenvalue weighted by atomic mass is 9.97. The number of nitrogens with one attached hydrogen (secondary N) is 1. The summed E-state index contributed by atoms with van der Waals surface area (Å²) in [6, 6.07) is 7.74. The molecule has 6 nitrogen and oxygen atoms in total. The number of hydrogen-bond donors (Lipinski definition) is 2. The summed E-state index contributed by atoms with van der Waals surface area (Å²) < 4.78 is 1.81. The predicted octanol–water partition coefficient (Wildman–Crippen LogP) is 3.67. The molecule has 0 aliphatic carbocycles. The summed E-state index contributed by atoms with van der Waals surface area (Å²) in [5.41, 5.74) is 5.63. The first-order valence-corrected chi connectivity index (χ1v) is 9.67. The van der Waals surface area contributed by atoms with E-state index in [-0.39, 0.29) is 5.91 Å². The van der Waals surface area contributed by atoms with Gasteiger partial charge >= 0.3 is 0 Å². The molecule has 2 N–H and O–H groups in total. The maximum atomic E-state index is 12.0. The number of rotatable bonds is 2. The minimum absolute atomic E-state index is 0.280. The van der Waals surface area contributed by atoms with Crippen molar-refractivity contribution in [1.82, 2.24) is 19.5 Å². The van der Waals surface area contributed by atoms with Gasteiger partial charge in [0.25, 0.3) is 0 Å². The standard InChI is InChI=1S/C20H16Cl2N4O2/c21-14-7-11(12-8-23-26-5-2-1-3-16(12)26)18-13-9-25(17(28)10-27)6-4-15(13)24-20(18)19(14)22/h1-3,5,7-8,24,27H,4,6,9-10H2. The van der Waals surface area contributed by atoms with Gasteiger partial charge in [0.15, 0.2) is 0 Å². The molecule has 1 amide bonds. The fourth-order valence-corrected chi connectivity index (χ4v) is 4.41. The van der Waals surface area contributed by atoms with Crippen LogP contribution in [0.4, 0.5) is 0 Å². The number of H-pyrrole nitrogens is 1. The van der Waals surface area contributed by atoms with Crippen molar-refractivity contribution >= 4 is 45.5 Å². The van der Waals surface area contributed by atoms with E-state index in [4.69, 9.17) is 23.2 Å². The Morgan fingerprint density at radius 1 is 1.29 bits per heavy atom. The van der Waals surface area contributed by atoms with Crippen LogP contribution in [0.5, 0.6) is 0 Å². The first kappa shape index (κ1) is 17.6. The third kappa shape index (κ3) is 2.53. The average molecular weight is 415 g/mol. The zero-order valence-corrected chi connectivity index (χ0v) is 16.3. The molecule has 0 bridgehead atoms. The number of carbonyl (C=O) groups is 1. The number of aliphatic hydroxyl groups is 1. The van der Waals surface area contributed by atoms with Crippen molar-refractivity contribution in [2.24, 2.45) is 0 Å². The Morgan fingerprint density at radius 2 is 2.14 bits per heavy atom. The zero-order chi connectivity index (χ0) is 19.4. The number of aliphatic hydroxyl groups excluding tert-OH is 1. The van der Waals surface area contributed by atoms with Gasteiger partial charge in [-0.1, -0.05) is 29.3 Å². The summed E-state index contributed by atoms with van der Waals surface area (Å²) in [6.45, 7) is 0.473. The minimum Gasteiger partial charge on any atom is -0.387 e. The maximum absolute atomic E-state index is 12.0. The van der Waals surface area contributed by atoms with E-state index in [2.05, 4.69) is 10.1 Å². The zero-order valence-electron chi connectivity index (χ0n) is 14.7. The maximum Gasteiger partial charge on any atom is 0.248 e. The van der Waals surface area contributed by atoms with Crippen molar-refractivity contribution in [3.63, 3.8) is 0 Å². The van der Waals surface area contributed by atoms with Crippen LogP contribution in [0.2, 0.25) is 10.0 Å². The van der Waals surface area contributed by atoms with Crippen molar-refractivity contribution in [1.29, 1.82) is 0 Å². The number of hydrogen-bond acceptors (Lipinski definition) is 3. The molecular weight excluding hydrogens is 399 g/mol. The molecule has 4 aromatic rings. The Hall–Kier alpha value is -2.54. The van der Waals surface area contributed by atoms with Crippen LogP contribution < -0.4 is 0 Å². The van der Waals surface area contributed by atoms with Gasteiger partial charge in [-0.15, -0.1) is 0 Å². The third-order valence-corrected chi connectivity index (χ3v) is 6.13. The van der Waals surface area contributed by atoms with Crippen molar-refractivity contribution in [2.45, 2.75) is 13.0 Å². The van der Waals surface area contributed by atoms with Crippen LogP contribution in [0, 0.1) is 0 Å². The van der Waals surface area contributed by atoms with Gasteiger partial charge in [-0.3, -0.25) is 4.79 Å². The highest BCUT2D eigenvalue weighted by Gasteiger charge is 2.27. The molecule has 0 fully saturated rings. The molecule has 0 atom stereocenters. The van der Waals surface area contributed by atoms with Crippen molar-refractivity contribution in [2.75, 3.05) is 13.2 Å². The lowest BCUT2D eigenvalue weighted by Gasteiger charge is -2.26. The number of aromatic amines is 1. The molecule has 0 spiro atoms. The highest BCUT2D eigenvalue weighted by molar-refractivity contribution is 6.45. The lowest BCUT2D eigenvalue weighted by Crippen LogP contribution is -2.37. The topological polar surface area (TPSA) is 73.6 Å². The molecule has 0 saturated heterocycles. The summed E-state index contributed by atoms with van der Waals surface area (Å²) in [6.07, 6.45) is 4.37. The predicted molar refractivity (Wildman–Crippen MR) is 109 cm³/mol. The normalized spacial score (nSPS) is 14.0. The largest absolute Gasteiger partial charge is 0.387 e. The van der Waals surface area contributed by atoms with Gasteiger partial charge in [-0.25, -0.2) is 4.52 Å². The molecule has 0 unspecified atom stereocenters. The number of aromatic nitrogens is 3. The second kappa shape index (κ2) is 6.51. The summed E-state index contributed by atoms with van der Waals surface area (Å²) in [5.74, 6) is -0.280. The van der Waals surface area contributed by atoms with Crippen LogP contribution in [0.25, 0.3) is 27.5 Å². The average Bonchev–Trinajstić information content (AvgIpc) is 3.31. The number of halogens is 2. The smallest absolute Gasteiger partial charge is 0.248 e. The fourth-order valence-electron chi connectivity index (χ4n) is 4.01. The number of benzene rings is 1. The molecule has 28 heavy (non-hydrogen) atoms. The molecule has 1 aliphatic heterocycles. The quantitative estimate of drug-likeness (QED) is 0.525. The van der Waals surface area contributed by atoms with E-state index in [1.54, 1.807) is 4.90 Å². The van der Waals surface area contributed by atoms with Crippen LogP contribution in [-0.2, 0) is 17.8 Å². The van der Waals surface area contributed by atoms with Gasteiger partial charge < -0.3 is 15.0 Å². The van der Waals surface area contributed by atoms with Gasteiger partial charge in [0.05, 0.1) is 27.3 Å². The van der Waals surface area contributed by atoms with E-state index in [1.807, 2.05) is 41.2 Å². The lowest BCUT2D eigenvalue weighted by molar-refractivity contribution is -0.135. The molecule has 0 saturated carbocycles. The first-order chi connectivity index (χ1) is 13.6. The number of nitrogens with zero attached hydrogens (tertiary/aromatic N) is 3. The van der Waals surface area contributed by atoms with E-state index < -0.39 is 6.61 Å². The number of pyridine rings is 1. The fraction of sp³-hybridized carbons (Fsp3) is 0.200. The van der Waals surface area contributed by atoms with Gasteiger partial charge in [0, 0.05) is 47.9 Å². The van der Waals surface area contributed by atoms with Crippen LogP contribution in [0.1, 0.15) is 11.3 Å². The Balaban J connectivity index is 1.80. The second-order valence-corrected chi connectivity index (χ2v) is 7.65. The Morgan fingerprint density at radius 3 is 2.96 bits per heavy atom. The van der Waals surface area contributed by atoms with E-state index >= 15 is 0 Å². The highest BCUT2D eigenvalue weighted by Crippen LogP contribution is 2.43. The van der Waals surface area contributed by atoms with E-state index in [0.29, 0.717) is 29.6 Å². The summed E-state index contributed by atoms with van der Waals surface area (Å²) in [7, 11) is 0. The van der Waals surface area contributed by atoms with Crippen LogP contribution >= 0.6 is 23.2 Å². The van der Waals surface area contributed by atoms with Gasteiger partial charge in [0.1, 0.15) is 6.61 Å². The number of carbonyl (C=O) groups excluding carboxylic acids is 1. The summed E-state index contributed by atoms with van der Waals surface area (Å²) in [4.78, 5) is 17.1. The van der Waals surface area contributed by atoms with Crippen molar-refractivity contribution in [3.8, 4) is 11.1 Å². The number of amides is 1. The second-order valence-electron chi connectivity index (χ2n) is 6.86. The van der Waals surface area contributed by atoms with Crippen LogP contribution in [-0.4, -0.2) is 43.7 Å². The van der Waals surface area contributed by atoms with E-state index in [9.17, 15) is 9.90 Å². The van der Waals surface area contributed by atoms with Gasteiger partial charge in [-0.05, 0) is 23.8 Å². The van der Waals surface area contributed by atoms with E-state index in [1.165, 1.54) is 0 Å². The molecule has 1 aromatic carbocycles. The Kier molecular flexibility index (Phi) is 4.08. The first-order valence-electron chi connectivity index (χ1n) is 8.91. The molecule has 1 aliphatic rings. The molecule has 142 valence electrons. The molecule has 5 rings (SSSR count). The Labute approximate surface area is 170 Å². The summed E-state index contributed by atoms with van der Waals surface area (Å²) in [5, 5.41) is 15.6. The van der Waals surface area contributed by atoms with Crippen molar-refractivity contribution in [3.05, 3.63) is 58.0 Å². The third-order valence-electron chi connectivity index (χ3n) is 5.35. The molecule has 8 heteroatoms. The van der Waals surface area contributed by atoms with Crippen LogP contribution in [0.3, 0.4) is 0 Å². The molecule has 3 aromatic heterocycles. The highest BCUT2D eigenvalue weighted by atomic mass is 35.5. The molecular formula is C20H16Cl2N4O2.